The largest absolute Gasteiger partial charge is 0.444 e. The molecular weight excluding hydrogens is 266 g/mol. The molecule has 0 bridgehead atoms. The number of quaternary nitrogens is 1. The third-order valence-corrected chi connectivity index (χ3v) is 3.53. The molecule has 1 amide bonds. The smallest absolute Gasteiger partial charge is 0.410 e. The number of ether oxygens (including phenoxy) is 1. The van der Waals surface area contributed by atoms with Crippen LogP contribution < -0.4 is 10.6 Å². The van der Waals surface area contributed by atoms with Gasteiger partial charge in [-0.2, -0.15) is 0 Å². The van der Waals surface area contributed by atoms with Crippen molar-refractivity contribution < 1.29 is 15.3 Å². The summed E-state index contributed by atoms with van der Waals surface area (Å²) in [6.07, 6.45) is -0.215. The molecule has 0 saturated carbocycles. The first-order chi connectivity index (χ1) is 9.90. The standard InChI is InChI=1S/C16H25N3O2/c1-16(2,3)21-15(20)19-10-8-18(9-11-19)14-7-5-4-6-13(14)12-17/h4-7H,8-12,17H2,1-3H3/p+1. The third kappa shape index (κ3) is 4.11. The number of rotatable bonds is 2. The lowest BCUT2D eigenvalue weighted by molar-refractivity contribution is -0.386. The second-order valence-corrected chi connectivity index (χ2v) is 6.33. The Morgan fingerprint density at radius 3 is 2.38 bits per heavy atom. The lowest BCUT2D eigenvalue weighted by Gasteiger charge is -2.37. The molecule has 0 aromatic heterocycles. The van der Waals surface area contributed by atoms with Crippen LogP contribution in [0.3, 0.4) is 0 Å². The Kier molecular flexibility index (Phi) is 4.73. The predicted molar refractivity (Wildman–Crippen MR) is 83.1 cm³/mol. The molecule has 1 aromatic carbocycles. The number of hydrogen-bond acceptors (Lipinski definition) is 3. The van der Waals surface area contributed by atoms with E-state index in [1.165, 1.54) is 11.3 Å². The first-order valence-corrected chi connectivity index (χ1v) is 7.51. The Labute approximate surface area is 126 Å². The van der Waals surface area contributed by atoms with Gasteiger partial charge in [0.1, 0.15) is 12.1 Å². The molecule has 0 atom stereocenters. The van der Waals surface area contributed by atoms with Crippen molar-refractivity contribution in [1.29, 1.82) is 0 Å². The maximum absolute atomic E-state index is 12.1. The van der Waals surface area contributed by atoms with E-state index in [4.69, 9.17) is 4.74 Å². The van der Waals surface area contributed by atoms with Crippen LogP contribution in [0.1, 0.15) is 26.3 Å². The fraction of sp³-hybridized carbons (Fsp3) is 0.562. The number of carbonyl (C=O) groups excluding carboxylic acids is 1. The van der Waals surface area contributed by atoms with Gasteiger partial charge < -0.3 is 20.3 Å². The van der Waals surface area contributed by atoms with E-state index in [-0.39, 0.29) is 6.09 Å². The van der Waals surface area contributed by atoms with Crippen molar-refractivity contribution in [3.63, 3.8) is 0 Å². The maximum Gasteiger partial charge on any atom is 0.410 e. The molecule has 3 N–H and O–H groups in total. The second kappa shape index (κ2) is 6.35. The zero-order chi connectivity index (χ0) is 15.5. The van der Waals surface area contributed by atoms with Gasteiger partial charge in [0.15, 0.2) is 0 Å². The number of carbonyl (C=O) groups is 1. The number of amides is 1. The van der Waals surface area contributed by atoms with E-state index in [0.717, 1.165) is 19.6 Å². The summed E-state index contributed by atoms with van der Waals surface area (Å²) in [5.74, 6) is 0. The average Bonchev–Trinajstić information content (AvgIpc) is 2.45. The summed E-state index contributed by atoms with van der Waals surface area (Å²) in [7, 11) is 0. The number of hydrogen-bond donors (Lipinski definition) is 1. The third-order valence-electron chi connectivity index (χ3n) is 3.53. The highest BCUT2D eigenvalue weighted by atomic mass is 16.6. The molecular formula is C16H26N3O2+. The van der Waals surface area contributed by atoms with Gasteiger partial charge in [-0.25, -0.2) is 4.79 Å². The van der Waals surface area contributed by atoms with Crippen molar-refractivity contribution in [3.8, 4) is 0 Å². The molecule has 1 aliphatic heterocycles. The predicted octanol–water partition coefficient (Wildman–Crippen LogP) is 1.49. The van der Waals surface area contributed by atoms with Gasteiger partial charge in [0.2, 0.25) is 0 Å². The molecule has 116 valence electrons. The van der Waals surface area contributed by atoms with Crippen LogP contribution in [-0.4, -0.2) is 42.8 Å². The van der Waals surface area contributed by atoms with E-state index in [1.54, 1.807) is 4.90 Å². The number of benzene rings is 1. The molecule has 5 heteroatoms. The van der Waals surface area contributed by atoms with Gasteiger partial charge in [-0.1, -0.05) is 18.2 Å². The highest BCUT2D eigenvalue weighted by Crippen LogP contribution is 2.21. The van der Waals surface area contributed by atoms with Crippen LogP contribution in [0, 0.1) is 0 Å². The first-order valence-electron chi connectivity index (χ1n) is 7.51. The van der Waals surface area contributed by atoms with Gasteiger partial charge in [-0.3, -0.25) is 0 Å². The topological polar surface area (TPSA) is 60.4 Å². The summed E-state index contributed by atoms with van der Waals surface area (Å²) < 4.78 is 5.42. The Morgan fingerprint density at radius 2 is 1.81 bits per heavy atom. The second-order valence-electron chi connectivity index (χ2n) is 6.33. The summed E-state index contributed by atoms with van der Waals surface area (Å²) in [4.78, 5) is 16.2. The molecule has 1 heterocycles. The molecule has 1 aromatic rings. The number of para-hydroxylation sites is 1. The van der Waals surface area contributed by atoms with Crippen LogP contribution in [-0.2, 0) is 11.3 Å². The number of piperazine rings is 1. The minimum absolute atomic E-state index is 0.215. The minimum atomic E-state index is -0.436. The lowest BCUT2D eigenvalue weighted by atomic mass is 10.1. The van der Waals surface area contributed by atoms with Crippen molar-refractivity contribution in [3.05, 3.63) is 29.8 Å². The Morgan fingerprint density at radius 1 is 1.19 bits per heavy atom. The van der Waals surface area contributed by atoms with E-state index in [1.807, 2.05) is 26.8 Å². The lowest BCUT2D eigenvalue weighted by Crippen LogP contribution is -2.51. The molecule has 1 fully saturated rings. The van der Waals surface area contributed by atoms with E-state index < -0.39 is 5.60 Å². The minimum Gasteiger partial charge on any atom is -0.444 e. The van der Waals surface area contributed by atoms with E-state index in [9.17, 15) is 4.79 Å². The van der Waals surface area contributed by atoms with Gasteiger partial charge in [-0.05, 0) is 26.8 Å². The molecule has 0 radical (unpaired) electrons. The molecule has 5 nitrogen and oxygen atoms in total. The summed E-state index contributed by atoms with van der Waals surface area (Å²) in [6.45, 7) is 9.51. The van der Waals surface area contributed by atoms with E-state index in [2.05, 4.69) is 28.8 Å². The molecule has 0 spiro atoms. The van der Waals surface area contributed by atoms with Gasteiger partial charge in [-0.15, -0.1) is 0 Å². The Bertz CT molecular complexity index is 489. The Hall–Kier alpha value is -1.75. The molecule has 1 aliphatic rings. The summed E-state index contributed by atoms with van der Waals surface area (Å²) in [5, 5.41) is 0. The van der Waals surface area contributed by atoms with Gasteiger partial charge >= 0.3 is 6.09 Å². The van der Waals surface area contributed by atoms with Crippen molar-refractivity contribution in [2.24, 2.45) is 0 Å². The van der Waals surface area contributed by atoms with Gasteiger partial charge in [0.25, 0.3) is 0 Å². The van der Waals surface area contributed by atoms with Crippen molar-refractivity contribution in [2.75, 3.05) is 31.1 Å². The molecule has 0 aliphatic carbocycles. The van der Waals surface area contributed by atoms with Crippen LogP contribution in [0.2, 0.25) is 0 Å². The van der Waals surface area contributed by atoms with Gasteiger partial charge in [0.05, 0.1) is 0 Å². The van der Waals surface area contributed by atoms with Crippen LogP contribution in [0.5, 0.6) is 0 Å². The summed E-state index contributed by atoms with van der Waals surface area (Å²) in [6, 6.07) is 8.34. The van der Waals surface area contributed by atoms with Crippen LogP contribution >= 0.6 is 0 Å². The van der Waals surface area contributed by atoms with E-state index >= 15 is 0 Å². The summed E-state index contributed by atoms with van der Waals surface area (Å²) >= 11 is 0. The fourth-order valence-electron chi connectivity index (χ4n) is 2.49. The fourth-order valence-corrected chi connectivity index (χ4v) is 2.49. The van der Waals surface area contributed by atoms with Crippen LogP contribution in [0.15, 0.2) is 24.3 Å². The highest BCUT2D eigenvalue weighted by Gasteiger charge is 2.26. The van der Waals surface area contributed by atoms with Crippen molar-refractivity contribution in [2.45, 2.75) is 32.9 Å². The summed E-state index contributed by atoms with van der Waals surface area (Å²) in [5.41, 5.74) is 6.03. The van der Waals surface area contributed by atoms with Crippen molar-refractivity contribution in [1.82, 2.24) is 4.90 Å². The van der Waals surface area contributed by atoms with Gasteiger partial charge in [0, 0.05) is 37.4 Å². The number of anilines is 1. The van der Waals surface area contributed by atoms with Crippen molar-refractivity contribution >= 4 is 11.8 Å². The molecule has 2 rings (SSSR count). The molecule has 0 unspecified atom stereocenters. The maximum atomic E-state index is 12.1. The molecule has 21 heavy (non-hydrogen) atoms. The number of nitrogens with zero attached hydrogens (tertiary/aromatic N) is 2. The SMILES string of the molecule is CC(C)(C)OC(=O)N1CCN(c2ccccc2C[NH3+])CC1. The highest BCUT2D eigenvalue weighted by molar-refractivity contribution is 5.68. The quantitative estimate of drug-likeness (QED) is 0.898. The zero-order valence-corrected chi connectivity index (χ0v) is 13.3. The molecule has 1 saturated heterocycles. The Balaban J connectivity index is 1.96. The van der Waals surface area contributed by atoms with Crippen LogP contribution in [0.25, 0.3) is 0 Å². The first kappa shape index (κ1) is 15.6. The monoisotopic (exact) mass is 292 g/mol. The normalized spacial score (nSPS) is 16.0. The van der Waals surface area contributed by atoms with E-state index in [0.29, 0.717) is 13.1 Å². The average molecular weight is 292 g/mol. The van der Waals surface area contributed by atoms with Crippen LogP contribution in [0.4, 0.5) is 10.5 Å². The zero-order valence-electron chi connectivity index (χ0n) is 13.3.